The largest absolute Gasteiger partial charge is 0.386 e. The third-order valence-electron chi connectivity index (χ3n) is 5.07. The molecule has 5 nitrogen and oxygen atoms in total. The van der Waals surface area contributed by atoms with Gasteiger partial charge in [0.25, 0.3) is 0 Å². The topological polar surface area (TPSA) is 95.2 Å². The summed E-state index contributed by atoms with van der Waals surface area (Å²) < 4.78 is 5.84. The van der Waals surface area contributed by atoms with Crippen LogP contribution in [0.4, 0.5) is 0 Å². The minimum absolute atomic E-state index is 0.180. The van der Waals surface area contributed by atoms with Gasteiger partial charge in [-0.1, -0.05) is 42.1 Å². The number of ether oxygens (including phenoxy) is 1. The van der Waals surface area contributed by atoms with Crippen molar-refractivity contribution in [2.24, 2.45) is 27.5 Å². The molecule has 22 heavy (non-hydrogen) atoms. The van der Waals surface area contributed by atoms with Crippen molar-refractivity contribution in [1.82, 2.24) is 0 Å². The Balaban J connectivity index is 1.80. The van der Waals surface area contributed by atoms with Crippen molar-refractivity contribution >= 4 is 17.6 Å². The average molecular weight is 310 g/mol. The van der Waals surface area contributed by atoms with E-state index in [2.05, 4.69) is 17.1 Å². The Morgan fingerprint density at radius 3 is 2.68 bits per heavy atom. The maximum atomic E-state index is 9.93. The number of benzene rings is 1. The number of nitrogens with two attached hydrogens (primary N) is 1. The van der Waals surface area contributed by atoms with Crippen molar-refractivity contribution in [3.05, 3.63) is 35.9 Å². The van der Waals surface area contributed by atoms with Gasteiger partial charge in [0.1, 0.15) is 16.7 Å². The first-order chi connectivity index (χ1) is 10.7. The zero-order valence-corrected chi connectivity index (χ0v) is 12.6. The lowest BCUT2D eigenvalue weighted by Gasteiger charge is -2.26. The van der Waals surface area contributed by atoms with Gasteiger partial charge in [-0.05, 0) is 12.0 Å². The number of rotatable bonds is 2. The summed E-state index contributed by atoms with van der Waals surface area (Å²) in [6.45, 7) is 0.532. The van der Waals surface area contributed by atoms with Crippen LogP contribution in [0.3, 0.4) is 0 Å². The summed E-state index contributed by atoms with van der Waals surface area (Å²) in [4.78, 5) is 4.42. The van der Waals surface area contributed by atoms with Crippen molar-refractivity contribution in [2.75, 3.05) is 12.4 Å². The summed E-state index contributed by atoms with van der Waals surface area (Å²) in [7, 11) is 0. The maximum Gasteiger partial charge on any atom is 0.230 e. The monoisotopic (exact) mass is 310 g/mol. The van der Waals surface area contributed by atoms with E-state index in [-0.39, 0.29) is 11.8 Å². The molecule has 2 N–H and O–H groups in total. The van der Waals surface area contributed by atoms with Gasteiger partial charge in [0, 0.05) is 11.7 Å². The van der Waals surface area contributed by atoms with E-state index in [1.165, 1.54) is 11.8 Å². The molecule has 3 aliphatic rings. The number of hydrogen-bond donors (Lipinski definition) is 1. The molecule has 0 bridgehead atoms. The van der Waals surface area contributed by atoms with Gasteiger partial charge in [0.2, 0.25) is 5.06 Å². The molecule has 2 fully saturated rings. The number of nitrogens with zero attached hydrogens (tertiary/aromatic N) is 3. The molecule has 1 aromatic rings. The predicted octanol–water partition coefficient (Wildman–Crippen LogP) is 1.67. The van der Waals surface area contributed by atoms with Gasteiger partial charge in [-0.3, -0.25) is 0 Å². The molecule has 4 rings (SSSR count). The Morgan fingerprint density at radius 1 is 1.32 bits per heavy atom. The maximum absolute atomic E-state index is 9.93. The van der Waals surface area contributed by atoms with Crippen LogP contribution in [-0.4, -0.2) is 23.3 Å². The molecular formula is C16H14N4OS. The highest BCUT2D eigenvalue weighted by atomic mass is 32.2. The van der Waals surface area contributed by atoms with E-state index >= 15 is 0 Å². The normalized spacial score (nSPS) is 41.5. The first kappa shape index (κ1) is 13.6. The molecule has 4 atom stereocenters. The zero-order valence-electron chi connectivity index (χ0n) is 11.8. The Morgan fingerprint density at radius 2 is 2.09 bits per heavy atom. The van der Waals surface area contributed by atoms with Crippen molar-refractivity contribution < 1.29 is 4.74 Å². The van der Waals surface area contributed by atoms with Gasteiger partial charge in [-0.15, -0.1) is 0 Å². The number of thioether (sulfide) groups is 1. The second-order valence-electron chi connectivity index (χ2n) is 5.86. The molecule has 0 unspecified atom stereocenters. The van der Waals surface area contributed by atoms with E-state index in [4.69, 9.17) is 10.5 Å². The fraction of sp³-hybridized carbons (Fsp3) is 0.438. The van der Waals surface area contributed by atoms with E-state index in [1.807, 2.05) is 30.3 Å². The smallest absolute Gasteiger partial charge is 0.230 e. The average Bonchev–Trinajstić information content (AvgIpc) is 2.81. The molecule has 1 aromatic carbocycles. The molecule has 2 heterocycles. The molecule has 2 aliphatic heterocycles. The van der Waals surface area contributed by atoms with E-state index in [0.29, 0.717) is 13.0 Å². The lowest BCUT2D eigenvalue weighted by molar-refractivity contribution is 0.0168. The van der Waals surface area contributed by atoms with Crippen LogP contribution in [0.1, 0.15) is 5.56 Å². The number of nitriles is 2. The highest BCUT2D eigenvalue weighted by Crippen LogP contribution is 2.81. The summed E-state index contributed by atoms with van der Waals surface area (Å²) >= 11 is 1.49. The Kier molecular flexibility index (Phi) is 2.64. The molecule has 1 aliphatic carbocycles. The van der Waals surface area contributed by atoms with Crippen LogP contribution < -0.4 is 5.73 Å². The van der Waals surface area contributed by atoms with Crippen LogP contribution in [0.5, 0.6) is 0 Å². The van der Waals surface area contributed by atoms with Crippen LogP contribution in [0, 0.1) is 39.4 Å². The third kappa shape index (κ3) is 1.27. The highest BCUT2D eigenvalue weighted by Gasteiger charge is 2.92. The lowest BCUT2D eigenvalue weighted by atomic mass is 9.95. The lowest BCUT2D eigenvalue weighted by Crippen LogP contribution is -2.34. The molecule has 0 aromatic heterocycles. The van der Waals surface area contributed by atoms with Crippen molar-refractivity contribution in [2.45, 2.75) is 11.5 Å². The van der Waals surface area contributed by atoms with Crippen LogP contribution in [-0.2, 0) is 11.2 Å². The van der Waals surface area contributed by atoms with E-state index in [9.17, 15) is 10.5 Å². The molecular weight excluding hydrogens is 296 g/mol. The quantitative estimate of drug-likeness (QED) is 0.896. The van der Waals surface area contributed by atoms with Crippen LogP contribution in [0.2, 0.25) is 0 Å². The molecule has 1 spiro atoms. The fourth-order valence-electron chi connectivity index (χ4n) is 4.05. The van der Waals surface area contributed by atoms with Gasteiger partial charge in [-0.25, -0.2) is 4.99 Å². The molecule has 6 heteroatoms. The first-order valence-electron chi connectivity index (χ1n) is 7.17. The van der Waals surface area contributed by atoms with Gasteiger partial charge < -0.3 is 10.5 Å². The number of aliphatic imine (C=N–C) groups is 1. The van der Waals surface area contributed by atoms with Crippen LogP contribution in [0.25, 0.3) is 0 Å². The summed E-state index contributed by atoms with van der Waals surface area (Å²) in [5, 5.41) is 18.7. The van der Waals surface area contributed by atoms with Gasteiger partial charge in [0.15, 0.2) is 0 Å². The second-order valence-corrected chi connectivity index (χ2v) is 7.11. The predicted molar refractivity (Wildman–Crippen MR) is 82.5 cm³/mol. The Hall–Kier alpha value is -2.02. The van der Waals surface area contributed by atoms with Crippen molar-refractivity contribution in [3.63, 3.8) is 0 Å². The highest BCUT2D eigenvalue weighted by molar-refractivity contribution is 8.00. The second kappa shape index (κ2) is 4.25. The van der Waals surface area contributed by atoms with Gasteiger partial charge in [-0.2, -0.15) is 10.5 Å². The zero-order chi connectivity index (χ0) is 15.4. The SMILES string of the molecule is N#C[C@@]12[C@@H](Cc3ccccc3)[C@]1(C#N)C(N)=N[C@@]21OCCS1. The summed E-state index contributed by atoms with van der Waals surface area (Å²) in [5.74, 6) is 0.840. The number of fused-ring (bicyclic) bond motifs is 2. The standard InChI is InChI=1S/C16H14N4OS/c17-9-14-12(8-11-4-2-1-3-5-11)15(14,10-18)16(20-13(14)19)21-6-7-22-16/h1-5,12H,6-8H2,(H2,19,20)/t12-,14+,15+,16+/m0/s1. The van der Waals surface area contributed by atoms with Gasteiger partial charge in [0.05, 0.1) is 18.7 Å². The van der Waals surface area contributed by atoms with Crippen LogP contribution >= 0.6 is 11.8 Å². The van der Waals surface area contributed by atoms with E-state index < -0.39 is 15.9 Å². The Bertz CT molecular complexity index is 744. The summed E-state index contributed by atoms with van der Waals surface area (Å²) in [5.41, 5.74) is 5.21. The first-order valence-corrected chi connectivity index (χ1v) is 8.15. The molecule has 0 amide bonds. The fourth-order valence-corrected chi connectivity index (χ4v) is 5.40. The van der Waals surface area contributed by atoms with Crippen LogP contribution in [0.15, 0.2) is 35.3 Å². The molecule has 110 valence electrons. The number of hydrogen-bond acceptors (Lipinski definition) is 6. The molecule has 1 saturated carbocycles. The molecule has 0 radical (unpaired) electrons. The third-order valence-corrected chi connectivity index (χ3v) is 6.36. The number of amidine groups is 1. The van der Waals surface area contributed by atoms with E-state index in [0.717, 1.165) is 11.3 Å². The van der Waals surface area contributed by atoms with E-state index in [1.54, 1.807) is 0 Å². The van der Waals surface area contributed by atoms with Crippen molar-refractivity contribution in [1.29, 1.82) is 10.5 Å². The van der Waals surface area contributed by atoms with Gasteiger partial charge >= 0.3 is 0 Å². The summed E-state index contributed by atoms with van der Waals surface area (Å²) in [6.07, 6.45) is 0.629. The minimum atomic E-state index is -1.02. The minimum Gasteiger partial charge on any atom is -0.386 e. The van der Waals surface area contributed by atoms with Crippen molar-refractivity contribution in [3.8, 4) is 12.1 Å². The Labute approximate surface area is 132 Å². The summed E-state index contributed by atoms with van der Waals surface area (Å²) in [6, 6.07) is 14.6. The molecule has 1 saturated heterocycles.